The van der Waals surface area contributed by atoms with Gasteiger partial charge in [0, 0.05) is 12.5 Å². The zero-order valence-electron chi connectivity index (χ0n) is 8.76. The van der Waals surface area contributed by atoms with E-state index in [4.69, 9.17) is 0 Å². The molecule has 1 rings (SSSR count). The van der Waals surface area contributed by atoms with E-state index in [1.807, 2.05) is 13.8 Å². The Bertz CT molecular complexity index is 134. The molecule has 2 heteroatoms. The molecule has 0 amide bonds. The third-order valence-electron chi connectivity index (χ3n) is 2.19. The highest BCUT2D eigenvalue weighted by molar-refractivity contribution is 5.76. The molecule has 72 valence electrons. The maximum Gasteiger partial charge on any atom is 0.131 e. The van der Waals surface area contributed by atoms with Crippen molar-refractivity contribution in [3.8, 4) is 0 Å². The van der Waals surface area contributed by atoms with Gasteiger partial charge in [0.15, 0.2) is 0 Å². The number of ketones is 1. The van der Waals surface area contributed by atoms with E-state index in [9.17, 15) is 4.79 Å². The van der Waals surface area contributed by atoms with Gasteiger partial charge in [-0.05, 0) is 33.4 Å². The van der Waals surface area contributed by atoms with Crippen molar-refractivity contribution < 1.29 is 4.79 Å². The summed E-state index contributed by atoms with van der Waals surface area (Å²) in [5.74, 6) is 0.318. The quantitative estimate of drug-likeness (QED) is 0.634. The molecule has 1 aliphatic heterocycles. The molecule has 1 aliphatic rings. The molecular weight excluding hydrogens is 150 g/mol. The number of hydrogen-bond acceptors (Lipinski definition) is 2. The molecule has 0 spiro atoms. The fourth-order valence-electron chi connectivity index (χ4n) is 1.57. The second-order valence-electron chi connectivity index (χ2n) is 3.18. The van der Waals surface area contributed by atoms with Crippen LogP contribution in [0.4, 0.5) is 0 Å². The Morgan fingerprint density at radius 1 is 1.50 bits per heavy atom. The topological polar surface area (TPSA) is 20.3 Å². The highest BCUT2D eigenvalue weighted by Crippen LogP contribution is 2.17. The molecule has 0 aromatic heterocycles. The number of carbonyl (C=O) groups excluding carboxylic acids is 1. The predicted octanol–water partition coefficient (Wildman–Crippen LogP) is 2.09. The molecule has 0 radical (unpaired) electrons. The second-order valence-corrected chi connectivity index (χ2v) is 3.18. The van der Waals surface area contributed by atoms with Crippen molar-refractivity contribution in [3.05, 3.63) is 0 Å². The Labute approximate surface area is 75.9 Å². The lowest BCUT2D eigenvalue weighted by atomic mass is 10.1. The van der Waals surface area contributed by atoms with E-state index in [0.717, 1.165) is 13.0 Å². The number of nitrogens with zero attached hydrogens (tertiary/aromatic N) is 1. The summed E-state index contributed by atoms with van der Waals surface area (Å²) in [6.07, 6.45) is 3.21. The second kappa shape index (κ2) is 6.18. The summed E-state index contributed by atoms with van der Waals surface area (Å²) in [5.41, 5.74) is 0. The fraction of sp³-hybridized carbons (Fsp3) is 0.900. The first kappa shape index (κ1) is 11.6. The van der Waals surface area contributed by atoms with E-state index in [-0.39, 0.29) is 0 Å². The van der Waals surface area contributed by atoms with E-state index >= 15 is 0 Å². The van der Waals surface area contributed by atoms with Gasteiger partial charge in [0.1, 0.15) is 5.78 Å². The smallest absolute Gasteiger partial charge is 0.131 e. The lowest BCUT2D eigenvalue weighted by molar-refractivity contribution is -0.117. The minimum atomic E-state index is 0.318. The van der Waals surface area contributed by atoms with Gasteiger partial charge in [-0.3, -0.25) is 4.79 Å². The molecule has 0 bridgehead atoms. The molecule has 0 aliphatic carbocycles. The van der Waals surface area contributed by atoms with Crippen LogP contribution in [0.15, 0.2) is 0 Å². The number of hydrogen-bond donors (Lipinski definition) is 0. The maximum atomic E-state index is 10.7. The van der Waals surface area contributed by atoms with Crippen molar-refractivity contribution in [1.29, 1.82) is 0 Å². The average molecular weight is 171 g/mol. The molecule has 1 fully saturated rings. The van der Waals surface area contributed by atoms with Crippen molar-refractivity contribution >= 4 is 5.78 Å². The van der Waals surface area contributed by atoms with Gasteiger partial charge >= 0.3 is 0 Å². The lowest BCUT2D eigenvalue weighted by Crippen LogP contribution is -2.26. The van der Waals surface area contributed by atoms with Crippen molar-refractivity contribution in [2.24, 2.45) is 0 Å². The first-order valence-corrected chi connectivity index (χ1v) is 4.90. The Morgan fingerprint density at radius 2 is 2.08 bits per heavy atom. The zero-order chi connectivity index (χ0) is 9.56. The van der Waals surface area contributed by atoms with Gasteiger partial charge in [-0.15, -0.1) is 0 Å². The zero-order valence-corrected chi connectivity index (χ0v) is 8.76. The molecule has 1 atom stereocenters. The molecule has 1 unspecified atom stereocenters. The molecule has 12 heavy (non-hydrogen) atoms. The number of Topliss-reactive ketones (excluding diaryl/α,β-unsaturated/α-hetero) is 1. The normalized spacial score (nSPS) is 23.2. The first-order chi connectivity index (χ1) is 5.70. The average Bonchev–Trinajstić information content (AvgIpc) is 2.40. The maximum absolute atomic E-state index is 10.7. The van der Waals surface area contributed by atoms with E-state index < -0.39 is 0 Å². The summed E-state index contributed by atoms with van der Waals surface area (Å²) in [5, 5.41) is 0. The van der Waals surface area contributed by atoms with Gasteiger partial charge in [-0.2, -0.15) is 0 Å². The minimum Gasteiger partial charge on any atom is -0.303 e. The number of rotatable bonds is 2. The fourth-order valence-corrected chi connectivity index (χ4v) is 1.57. The summed E-state index contributed by atoms with van der Waals surface area (Å²) in [4.78, 5) is 13.0. The van der Waals surface area contributed by atoms with Crippen molar-refractivity contribution in [1.82, 2.24) is 4.90 Å². The molecule has 1 heterocycles. The van der Waals surface area contributed by atoms with Crippen LogP contribution in [0, 0.1) is 0 Å². The monoisotopic (exact) mass is 171 g/mol. The highest BCUT2D eigenvalue weighted by atomic mass is 16.1. The van der Waals surface area contributed by atoms with Crippen LogP contribution in [0.25, 0.3) is 0 Å². The third kappa shape index (κ3) is 3.86. The summed E-state index contributed by atoms with van der Waals surface area (Å²) in [7, 11) is 2.10. The van der Waals surface area contributed by atoms with Crippen LogP contribution in [0.2, 0.25) is 0 Å². The van der Waals surface area contributed by atoms with Crippen LogP contribution in [0.3, 0.4) is 0 Å². The molecule has 0 aromatic rings. The largest absolute Gasteiger partial charge is 0.303 e. The van der Waals surface area contributed by atoms with Gasteiger partial charge in [-0.1, -0.05) is 13.8 Å². The molecular formula is C10H21NO. The van der Waals surface area contributed by atoms with E-state index in [1.54, 1.807) is 6.92 Å². The van der Waals surface area contributed by atoms with Crippen molar-refractivity contribution in [2.45, 2.75) is 46.1 Å². The summed E-state index contributed by atoms with van der Waals surface area (Å²) in [6.45, 7) is 6.84. The summed E-state index contributed by atoms with van der Waals surface area (Å²) >= 11 is 0. The van der Waals surface area contributed by atoms with E-state index in [2.05, 4.69) is 11.9 Å². The molecule has 2 nitrogen and oxygen atoms in total. The molecule has 0 N–H and O–H groups in total. The standard InChI is InChI=1S/C8H15NO.C2H6/c1-7(10)6-8-4-3-5-9(8)2;1-2/h8H,3-6H2,1-2H3;1-2H3. The Hall–Kier alpha value is -0.370. The first-order valence-electron chi connectivity index (χ1n) is 4.90. The molecule has 0 saturated carbocycles. The van der Waals surface area contributed by atoms with Crippen molar-refractivity contribution in [3.63, 3.8) is 0 Å². The van der Waals surface area contributed by atoms with Gasteiger partial charge in [0.05, 0.1) is 0 Å². The van der Waals surface area contributed by atoms with Crippen molar-refractivity contribution in [2.75, 3.05) is 13.6 Å². The van der Waals surface area contributed by atoms with Crippen LogP contribution in [-0.2, 0) is 4.79 Å². The number of likely N-dealkylation sites (tertiary alicyclic amines) is 1. The molecule has 0 aromatic carbocycles. The van der Waals surface area contributed by atoms with Gasteiger partial charge in [0.25, 0.3) is 0 Å². The van der Waals surface area contributed by atoms with Crippen LogP contribution >= 0.6 is 0 Å². The summed E-state index contributed by atoms with van der Waals surface area (Å²) in [6, 6.07) is 0.539. The SMILES string of the molecule is CC.CC(=O)CC1CCCN1C. The predicted molar refractivity (Wildman–Crippen MR) is 52.3 cm³/mol. The van der Waals surface area contributed by atoms with Crippen LogP contribution in [-0.4, -0.2) is 30.3 Å². The Balaban J connectivity index is 0.000000561. The van der Waals surface area contributed by atoms with Crippen LogP contribution in [0.1, 0.15) is 40.0 Å². The Kier molecular flexibility index (Phi) is 5.99. The highest BCUT2D eigenvalue weighted by Gasteiger charge is 2.21. The van der Waals surface area contributed by atoms with Crippen LogP contribution in [0.5, 0.6) is 0 Å². The lowest BCUT2D eigenvalue weighted by Gasteiger charge is -2.17. The van der Waals surface area contributed by atoms with Crippen LogP contribution < -0.4 is 0 Å². The third-order valence-corrected chi connectivity index (χ3v) is 2.19. The van der Waals surface area contributed by atoms with Gasteiger partial charge in [-0.25, -0.2) is 0 Å². The number of carbonyl (C=O) groups is 1. The Morgan fingerprint density at radius 3 is 2.42 bits per heavy atom. The van der Waals surface area contributed by atoms with Gasteiger partial charge < -0.3 is 4.90 Å². The van der Waals surface area contributed by atoms with E-state index in [1.165, 1.54) is 12.8 Å². The van der Waals surface area contributed by atoms with E-state index in [0.29, 0.717) is 11.8 Å². The minimum absolute atomic E-state index is 0.318. The van der Waals surface area contributed by atoms with Gasteiger partial charge in [0.2, 0.25) is 0 Å². The molecule has 1 saturated heterocycles. The summed E-state index contributed by atoms with van der Waals surface area (Å²) < 4.78 is 0.